The van der Waals surface area contributed by atoms with Crippen LogP contribution in [0.15, 0.2) is 24.3 Å². The predicted octanol–water partition coefficient (Wildman–Crippen LogP) is 2.07. The van der Waals surface area contributed by atoms with Crippen molar-refractivity contribution in [1.82, 2.24) is 15.1 Å². The van der Waals surface area contributed by atoms with E-state index in [0.29, 0.717) is 5.02 Å². The number of nitrogens with zero attached hydrogens (tertiary/aromatic N) is 2. The van der Waals surface area contributed by atoms with Crippen molar-refractivity contribution in [3.63, 3.8) is 0 Å². The highest BCUT2D eigenvalue weighted by molar-refractivity contribution is 6.31. The first-order valence-electron chi connectivity index (χ1n) is 7.89. The number of hydrogen-bond acceptors (Lipinski definition) is 3. The van der Waals surface area contributed by atoms with Crippen LogP contribution in [0.1, 0.15) is 31.4 Å². The Balaban J connectivity index is 1.94. The number of likely N-dealkylation sites (N-methyl/N-ethyl adjacent to an activating group) is 1. The van der Waals surface area contributed by atoms with Gasteiger partial charge >= 0.3 is 0 Å². The molecule has 0 spiro atoms. The molecule has 0 radical (unpaired) electrons. The van der Waals surface area contributed by atoms with E-state index in [0.717, 1.165) is 24.9 Å². The van der Waals surface area contributed by atoms with Crippen LogP contribution in [0.25, 0.3) is 0 Å². The molecular weight excluding hydrogens is 314 g/mol. The summed E-state index contributed by atoms with van der Waals surface area (Å²) in [6, 6.07) is 7.12. The quantitative estimate of drug-likeness (QED) is 0.895. The van der Waals surface area contributed by atoms with Gasteiger partial charge in [0.1, 0.15) is 0 Å². The van der Waals surface area contributed by atoms with Crippen molar-refractivity contribution >= 4 is 23.4 Å². The van der Waals surface area contributed by atoms with Crippen LogP contribution in [-0.2, 0) is 9.59 Å². The Hall–Kier alpha value is -1.59. The number of hydrogen-bond donors (Lipinski definition) is 1. The summed E-state index contributed by atoms with van der Waals surface area (Å²) >= 11 is 6.16. The Morgan fingerprint density at radius 2 is 2.09 bits per heavy atom. The number of likely N-dealkylation sites (tertiary alicyclic amines) is 1. The Morgan fingerprint density at radius 1 is 1.39 bits per heavy atom. The molecule has 1 fully saturated rings. The smallest absolute Gasteiger partial charge is 0.239 e. The van der Waals surface area contributed by atoms with Gasteiger partial charge in [-0.3, -0.25) is 14.5 Å². The molecule has 1 saturated heterocycles. The molecule has 2 unspecified atom stereocenters. The van der Waals surface area contributed by atoms with Gasteiger partial charge in [-0.2, -0.15) is 0 Å². The molecule has 2 atom stereocenters. The normalized spacial score (nSPS) is 19.4. The number of nitrogens with one attached hydrogen (secondary N) is 1. The highest BCUT2D eigenvalue weighted by Crippen LogP contribution is 2.22. The van der Waals surface area contributed by atoms with E-state index in [1.165, 1.54) is 0 Å². The molecule has 1 aromatic carbocycles. The Morgan fingerprint density at radius 3 is 2.74 bits per heavy atom. The summed E-state index contributed by atoms with van der Waals surface area (Å²) in [5, 5.41) is 3.60. The topological polar surface area (TPSA) is 52.7 Å². The molecule has 6 heteroatoms. The predicted molar refractivity (Wildman–Crippen MR) is 91.3 cm³/mol. The number of amides is 2. The number of carbonyl (C=O) groups excluding carboxylic acids is 2. The summed E-state index contributed by atoms with van der Waals surface area (Å²) in [7, 11) is 3.50. The first-order valence-corrected chi connectivity index (χ1v) is 8.27. The van der Waals surface area contributed by atoms with E-state index in [1.54, 1.807) is 19.0 Å². The largest absolute Gasteiger partial charge is 0.348 e. The molecule has 5 nitrogen and oxygen atoms in total. The van der Waals surface area contributed by atoms with Gasteiger partial charge in [0.25, 0.3) is 0 Å². The summed E-state index contributed by atoms with van der Waals surface area (Å²) in [4.78, 5) is 28.0. The van der Waals surface area contributed by atoms with Gasteiger partial charge in [0, 0.05) is 19.1 Å². The maximum absolute atomic E-state index is 12.3. The molecule has 23 heavy (non-hydrogen) atoms. The van der Waals surface area contributed by atoms with Crippen molar-refractivity contribution in [2.45, 2.75) is 31.8 Å². The van der Waals surface area contributed by atoms with Crippen LogP contribution in [0.4, 0.5) is 0 Å². The van der Waals surface area contributed by atoms with Crippen LogP contribution in [-0.4, -0.2) is 54.8 Å². The van der Waals surface area contributed by atoms with Crippen molar-refractivity contribution in [2.75, 3.05) is 27.2 Å². The van der Waals surface area contributed by atoms with Gasteiger partial charge in [-0.1, -0.05) is 29.8 Å². The average molecular weight is 338 g/mol. The van der Waals surface area contributed by atoms with Crippen LogP contribution in [0.3, 0.4) is 0 Å². The third-order valence-electron chi connectivity index (χ3n) is 4.19. The molecule has 126 valence electrons. The lowest BCUT2D eigenvalue weighted by Crippen LogP contribution is -2.46. The minimum Gasteiger partial charge on any atom is -0.348 e. The molecule has 1 aliphatic rings. The lowest BCUT2D eigenvalue weighted by Gasteiger charge is -2.26. The van der Waals surface area contributed by atoms with Crippen LogP contribution >= 0.6 is 11.6 Å². The summed E-state index contributed by atoms with van der Waals surface area (Å²) in [6.45, 7) is 2.92. The highest BCUT2D eigenvalue weighted by atomic mass is 35.5. The standard InChI is InChI=1S/C17H24ClN3O2/c1-12(13-7-4-5-8-14(13)18)19-16(22)11-21-10-6-9-15(21)17(23)20(2)3/h4-5,7-8,12,15H,6,9-11H2,1-3H3,(H,19,22). The molecule has 1 heterocycles. The fraction of sp³-hybridized carbons (Fsp3) is 0.529. The van der Waals surface area contributed by atoms with Gasteiger partial charge in [-0.15, -0.1) is 0 Å². The molecule has 2 rings (SSSR count). The van der Waals surface area contributed by atoms with Crippen molar-refractivity contribution < 1.29 is 9.59 Å². The van der Waals surface area contributed by atoms with Gasteiger partial charge in [-0.25, -0.2) is 0 Å². The van der Waals surface area contributed by atoms with Gasteiger partial charge in [0.05, 0.1) is 18.6 Å². The zero-order valence-corrected chi connectivity index (χ0v) is 14.6. The number of carbonyl (C=O) groups is 2. The second-order valence-electron chi connectivity index (χ2n) is 6.17. The molecule has 1 aliphatic heterocycles. The minimum atomic E-state index is -0.189. The van der Waals surface area contributed by atoms with Crippen LogP contribution in [0.2, 0.25) is 5.02 Å². The Labute approximate surface area is 142 Å². The van der Waals surface area contributed by atoms with Crippen molar-refractivity contribution in [3.05, 3.63) is 34.9 Å². The number of rotatable bonds is 5. The van der Waals surface area contributed by atoms with Crippen molar-refractivity contribution in [1.29, 1.82) is 0 Å². The first kappa shape index (κ1) is 17.8. The van der Waals surface area contributed by atoms with E-state index in [1.807, 2.05) is 36.1 Å². The molecule has 2 amide bonds. The molecule has 0 bridgehead atoms. The van der Waals surface area contributed by atoms with Gasteiger partial charge in [0.15, 0.2) is 0 Å². The first-order chi connectivity index (χ1) is 10.9. The zero-order chi connectivity index (χ0) is 17.0. The zero-order valence-electron chi connectivity index (χ0n) is 13.9. The molecule has 1 aromatic rings. The Kier molecular flexibility index (Phi) is 6.02. The van der Waals surface area contributed by atoms with Gasteiger partial charge in [0.2, 0.25) is 11.8 Å². The molecule has 1 N–H and O–H groups in total. The monoisotopic (exact) mass is 337 g/mol. The van der Waals surface area contributed by atoms with E-state index in [4.69, 9.17) is 11.6 Å². The molecule has 0 aliphatic carbocycles. The second-order valence-corrected chi connectivity index (χ2v) is 6.58. The highest BCUT2D eigenvalue weighted by Gasteiger charge is 2.32. The average Bonchev–Trinajstić information content (AvgIpc) is 2.94. The van der Waals surface area contributed by atoms with Crippen molar-refractivity contribution in [2.24, 2.45) is 0 Å². The van der Waals surface area contributed by atoms with E-state index >= 15 is 0 Å². The third-order valence-corrected chi connectivity index (χ3v) is 4.53. The summed E-state index contributed by atoms with van der Waals surface area (Å²) < 4.78 is 0. The van der Waals surface area contributed by atoms with E-state index in [9.17, 15) is 9.59 Å². The summed E-state index contributed by atoms with van der Waals surface area (Å²) in [6.07, 6.45) is 1.75. The maximum Gasteiger partial charge on any atom is 0.239 e. The second kappa shape index (κ2) is 7.79. The summed E-state index contributed by atoms with van der Waals surface area (Å²) in [5.74, 6) is -0.0228. The number of benzene rings is 1. The molecule has 0 aromatic heterocycles. The Bertz CT molecular complexity index is 577. The van der Waals surface area contributed by atoms with Gasteiger partial charge in [-0.05, 0) is 37.9 Å². The molecule has 0 saturated carbocycles. The summed E-state index contributed by atoms with van der Waals surface area (Å²) in [5.41, 5.74) is 0.893. The minimum absolute atomic E-state index is 0.0643. The molecular formula is C17H24ClN3O2. The van der Waals surface area contributed by atoms with E-state index in [-0.39, 0.29) is 30.4 Å². The fourth-order valence-corrected chi connectivity index (χ4v) is 3.27. The van der Waals surface area contributed by atoms with Crippen molar-refractivity contribution in [3.8, 4) is 0 Å². The van der Waals surface area contributed by atoms with E-state index < -0.39 is 0 Å². The van der Waals surface area contributed by atoms with Crippen LogP contribution < -0.4 is 5.32 Å². The lowest BCUT2D eigenvalue weighted by atomic mass is 10.1. The van der Waals surface area contributed by atoms with Crippen LogP contribution in [0, 0.1) is 0 Å². The van der Waals surface area contributed by atoms with E-state index in [2.05, 4.69) is 5.32 Å². The number of halogens is 1. The maximum atomic E-state index is 12.3. The van der Waals surface area contributed by atoms with Gasteiger partial charge < -0.3 is 10.2 Å². The third kappa shape index (κ3) is 4.45. The van der Waals surface area contributed by atoms with Crippen LogP contribution in [0.5, 0.6) is 0 Å². The fourth-order valence-electron chi connectivity index (χ4n) is 2.97. The lowest BCUT2D eigenvalue weighted by molar-refractivity contribution is -0.134. The SMILES string of the molecule is CC(NC(=O)CN1CCCC1C(=O)N(C)C)c1ccccc1Cl.